The van der Waals surface area contributed by atoms with E-state index in [1.807, 2.05) is 30.3 Å². The Kier molecular flexibility index (Phi) is 4.02. The van der Waals surface area contributed by atoms with Gasteiger partial charge in [0.15, 0.2) is 11.5 Å². The van der Waals surface area contributed by atoms with Gasteiger partial charge in [-0.3, -0.25) is 0 Å². The number of fused-ring (bicyclic) bond motifs is 1. The predicted molar refractivity (Wildman–Crippen MR) is 87.3 cm³/mol. The summed E-state index contributed by atoms with van der Waals surface area (Å²) in [5, 5.41) is 3.45. The third kappa shape index (κ3) is 2.53. The Labute approximate surface area is 130 Å². The number of methoxy groups -OCH3 is 3. The fourth-order valence-electron chi connectivity index (χ4n) is 2.65. The Morgan fingerprint density at radius 2 is 1.68 bits per heavy atom. The SMILES string of the molecule is COc1ccc(C2=CC(OC)c3ccccc3N2)cc1OC. The summed E-state index contributed by atoms with van der Waals surface area (Å²) in [6.07, 6.45) is 2.00. The van der Waals surface area contributed by atoms with E-state index in [9.17, 15) is 0 Å². The zero-order valence-electron chi connectivity index (χ0n) is 12.9. The summed E-state index contributed by atoms with van der Waals surface area (Å²) in [6, 6.07) is 14.0. The molecule has 1 aliphatic rings. The minimum atomic E-state index is -0.0689. The van der Waals surface area contributed by atoms with Gasteiger partial charge in [-0.2, -0.15) is 0 Å². The molecule has 4 nitrogen and oxygen atoms in total. The van der Waals surface area contributed by atoms with Crippen LogP contribution in [0.2, 0.25) is 0 Å². The van der Waals surface area contributed by atoms with Gasteiger partial charge in [0.05, 0.1) is 14.2 Å². The van der Waals surface area contributed by atoms with E-state index >= 15 is 0 Å². The average molecular weight is 297 g/mol. The highest BCUT2D eigenvalue weighted by Crippen LogP contribution is 2.37. The topological polar surface area (TPSA) is 39.7 Å². The smallest absolute Gasteiger partial charge is 0.161 e. The zero-order chi connectivity index (χ0) is 15.5. The van der Waals surface area contributed by atoms with Crippen LogP contribution >= 0.6 is 0 Å². The molecule has 0 spiro atoms. The van der Waals surface area contributed by atoms with Crippen molar-refractivity contribution in [3.8, 4) is 11.5 Å². The molecule has 4 heteroatoms. The minimum Gasteiger partial charge on any atom is -0.493 e. The van der Waals surface area contributed by atoms with E-state index in [0.29, 0.717) is 11.5 Å². The fourth-order valence-corrected chi connectivity index (χ4v) is 2.65. The van der Waals surface area contributed by atoms with Gasteiger partial charge >= 0.3 is 0 Å². The van der Waals surface area contributed by atoms with Crippen molar-refractivity contribution in [2.24, 2.45) is 0 Å². The van der Waals surface area contributed by atoms with Crippen molar-refractivity contribution in [1.82, 2.24) is 0 Å². The number of hydrogen-bond acceptors (Lipinski definition) is 4. The third-order valence-corrected chi connectivity index (χ3v) is 3.80. The molecule has 1 unspecified atom stereocenters. The van der Waals surface area contributed by atoms with E-state index in [1.165, 1.54) is 0 Å². The maximum atomic E-state index is 5.60. The summed E-state index contributed by atoms with van der Waals surface area (Å²) < 4.78 is 16.3. The Morgan fingerprint density at radius 3 is 2.41 bits per heavy atom. The van der Waals surface area contributed by atoms with Crippen LogP contribution < -0.4 is 14.8 Å². The molecule has 0 radical (unpaired) electrons. The highest BCUT2D eigenvalue weighted by molar-refractivity contribution is 5.82. The first kappa shape index (κ1) is 14.5. The van der Waals surface area contributed by atoms with Crippen molar-refractivity contribution in [2.45, 2.75) is 6.10 Å². The van der Waals surface area contributed by atoms with Crippen LogP contribution in [-0.4, -0.2) is 21.3 Å². The summed E-state index contributed by atoms with van der Waals surface area (Å²) in [5.41, 5.74) is 4.21. The molecule has 22 heavy (non-hydrogen) atoms. The Hall–Kier alpha value is -2.46. The molecule has 0 aliphatic carbocycles. The molecule has 2 aromatic rings. The molecule has 0 fully saturated rings. The molecular formula is C18H19NO3. The van der Waals surface area contributed by atoms with Crippen molar-refractivity contribution in [1.29, 1.82) is 0 Å². The molecule has 0 saturated carbocycles. The molecule has 1 N–H and O–H groups in total. The molecule has 0 amide bonds. The highest BCUT2D eigenvalue weighted by Gasteiger charge is 2.20. The van der Waals surface area contributed by atoms with Crippen LogP contribution in [0.15, 0.2) is 48.5 Å². The summed E-state index contributed by atoms with van der Waals surface area (Å²) in [5.74, 6) is 1.42. The second kappa shape index (κ2) is 6.12. The van der Waals surface area contributed by atoms with Crippen molar-refractivity contribution in [3.63, 3.8) is 0 Å². The maximum Gasteiger partial charge on any atom is 0.161 e. The standard InChI is InChI=1S/C18H19NO3/c1-20-16-9-8-12(10-18(16)22-3)15-11-17(21-2)13-6-4-5-7-14(13)19-15/h4-11,17,19H,1-3H3. The van der Waals surface area contributed by atoms with Crippen molar-refractivity contribution >= 4 is 11.4 Å². The van der Waals surface area contributed by atoms with Gasteiger partial charge in [-0.25, -0.2) is 0 Å². The Balaban J connectivity index is 2.01. The highest BCUT2D eigenvalue weighted by atomic mass is 16.5. The molecule has 114 valence electrons. The molecule has 0 aromatic heterocycles. The molecule has 3 rings (SSSR count). The van der Waals surface area contributed by atoms with E-state index < -0.39 is 0 Å². The van der Waals surface area contributed by atoms with Crippen LogP contribution in [0.1, 0.15) is 17.2 Å². The molecule has 1 aliphatic heterocycles. The van der Waals surface area contributed by atoms with Crippen molar-refractivity contribution in [3.05, 3.63) is 59.7 Å². The van der Waals surface area contributed by atoms with Crippen LogP contribution in [0.5, 0.6) is 11.5 Å². The first-order valence-electron chi connectivity index (χ1n) is 7.09. The first-order chi connectivity index (χ1) is 10.8. The van der Waals surface area contributed by atoms with Crippen LogP contribution in [-0.2, 0) is 4.74 Å². The average Bonchev–Trinajstić information content (AvgIpc) is 2.60. The van der Waals surface area contributed by atoms with Gasteiger partial charge in [-0.1, -0.05) is 18.2 Å². The van der Waals surface area contributed by atoms with Gasteiger partial charge in [0.25, 0.3) is 0 Å². The molecule has 0 bridgehead atoms. The van der Waals surface area contributed by atoms with E-state index in [2.05, 4.69) is 23.5 Å². The third-order valence-electron chi connectivity index (χ3n) is 3.80. The lowest BCUT2D eigenvalue weighted by Gasteiger charge is -2.25. The predicted octanol–water partition coefficient (Wildman–Crippen LogP) is 3.86. The lowest BCUT2D eigenvalue weighted by atomic mass is 9.99. The summed E-state index contributed by atoms with van der Waals surface area (Å²) in [7, 11) is 4.99. The second-order valence-corrected chi connectivity index (χ2v) is 5.02. The van der Waals surface area contributed by atoms with Crippen LogP contribution in [0, 0.1) is 0 Å². The van der Waals surface area contributed by atoms with Gasteiger partial charge in [-0.05, 0) is 30.3 Å². The number of anilines is 1. The minimum absolute atomic E-state index is 0.0689. The Bertz CT molecular complexity index is 709. The largest absolute Gasteiger partial charge is 0.493 e. The summed E-state index contributed by atoms with van der Waals surface area (Å²) in [4.78, 5) is 0. The van der Waals surface area contributed by atoms with Crippen molar-refractivity contribution < 1.29 is 14.2 Å². The molecule has 1 atom stereocenters. The maximum absolute atomic E-state index is 5.60. The lowest BCUT2D eigenvalue weighted by molar-refractivity contribution is 0.143. The quantitative estimate of drug-likeness (QED) is 0.930. The van der Waals surface area contributed by atoms with Crippen LogP contribution in [0.3, 0.4) is 0 Å². The number of para-hydroxylation sites is 1. The molecule has 0 saturated heterocycles. The molecule has 2 aromatic carbocycles. The number of hydrogen-bond donors (Lipinski definition) is 1. The fraction of sp³-hybridized carbons (Fsp3) is 0.222. The van der Waals surface area contributed by atoms with Gasteiger partial charge in [0.1, 0.15) is 6.10 Å². The van der Waals surface area contributed by atoms with Crippen LogP contribution in [0.25, 0.3) is 5.70 Å². The zero-order valence-corrected chi connectivity index (χ0v) is 12.9. The van der Waals surface area contributed by atoms with Gasteiger partial charge in [0, 0.05) is 29.6 Å². The van der Waals surface area contributed by atoms with E-state index in [4.69, 9.17) is 14.2 Å². The van der Waals surface area contributed by atoms with E-state index in [-0.39, 0.29) is 6.10 Å². The summed E-state index contributed by atoms with van der Waals surface area (Å²) in [6.45, 7) is 0. The van der Waals surface area contributed by atoms with Crippen molar-refractivity contribution in [2.75, 3.05) is 26.6 Å². The van der Waals surface area contributed by atoms with Gasteiger partial charge in [0.2, 0.25) is 0 Å². The number of ether oxygens (including phenoxy) is 3. The van der Waals surface area contributed by atoms with Gasteiger partial charge in [-0.15, -0.1) is 0 Å². The Morgan fingerprint density at radius 1 is 0.909 bits per heavy atom. The van der Waals surface area contributed by atoms with E-state index in [1.54, 1.807) is 21.3 Å². The van der Waals surface area contributed by atoms with E-state index in [0.717, 1.165) is 22.5 Å². The van der Waals surface area contributed by atoms with Gasteiger partial charge < -0.3 is 19.5 Å². The normalized spacial score (nSPS) is 16.3. The summed E-state index contributed by atoms with van der Waals surface area (Å²) >= 11 is 0. The monoisotopic (exact) mass is 297 g/mol. The lowest BCUT2D eigenvalue weighted by Crippen LogP contribution is -2.12. The molecular weight excluding hydrogens is 278 g/mol. The number of benzene rings is 2. The van der Waals surface area contributed by atoms with Crippen LogP contribution in [0.4, 0.5) is 5.69 Å². The number of rotatable bonds is 4. The molecule has 1 heterocycles. The first-order valence-corrected chi connectivity index (χ1v) is 7.09. The number of nitrogens with one attached hydrogen (secondary N) is 1. The second-order valence-electron chi connectivity index (χ2n) is 5.02.